The Morgan fingerprint density at radius 2 is 1.95 bits per heavy atom. The van der Waals surface area contributed by atoms with E-state index in [0.29, 0.717) is 5.82 Å². The number of thiophene rings is 1. The van der Waals surface area contributed by atoms with Gasteiger partial charge in [0.15, 0.2) is 0 Å². The fourth-order valence-electron chi connectivity index (χ4n) is 2.20. The topological polar surface area (TPSA) is 53.1 Å². The second kappa shape index (κ2) is 5.54. The first-order chi connectivity index (χ1) is 10.1. The van der Waals surface area contributed by atoms with Gasteiger partial charge in [-0.3, -0.25) is 4.68 Å². The first-order valence-corrected chi connectivity index (χ1v) is 7.99. The standard InChI is InChI=1S/C15H14BrN3OS/c1-19-15(17)12(9-3-5-10(20-2)6-4-9)13(18-19)14-11(16)7-8-21-14/h3-8H,17H2,1-2H3. The first-order valence-electron chi connectivity index (χ1n) is 6.32. The number of hydrogen-bond donors (Lipinski definition) is 1. The van der Waals surface area contributed by atoms with Gasteiger partial charge in [-0.1, -0.05) is 12.1 Å². The summed E-state index contributed by atoms with van der Waals surface area (Å²) in [7, 11) is 3.51. The van der Waals surface area contributed by atoms with Crippen molar-refractivity contribution < 1.29 is 4.74 Å². The highest BCUT2D eigenvalue weighted by atomic mass is 79.9. The van der Waals surface area contributed by atoms with E-state index in [0.717, 1.165) is 31.9 Å². The lowest BCUT2D eigenvalue weighted by Gasteiger charge is -2.05. The molecule has 0 atom stereocenters. The lowest BCUT2D eigenvalue weighted by Crippen LogP contribution is -1.98. The minimum Gasteiger partial charge on any atom is -0.497 e. The zero-order valence-electron chi connectivity index (χ0n) is 11.6. The molecule has 0 aliphatic heterocycles. The van der Waals surface area contributed by atoms with Crippen molar-refractivity contribution in [1.82, 2.24) is 9.78 Å². The number of nitrogen functional groups attached to an aromatic ring is 1. The third-order valence-electron chi connectivity index (χ3n) is 3.30. The summed E-state index contributed by atoms with van der Waals surface area (Å²) in [6.45, 7) is 0. The Labute approximate surface area is 135 Å². The summed E-state index contributed by atoms with van der Waals surface area (Å²) in [5, 5.41) is 6.60. The second-order valence-electron chi connectivity index (χ2n) is 4.56. The van der Waals surface area contributed by atoms with E-state index in [4.69, 9.17) is 10.5 Å². The van der Waals surface area contributed by atoms with Gasteiger partial charge in [0, 0.05) is 11.5 Å². The van der Waals surface area contributed by atoms with Crippen LogP contribution in [0.25, 0.3) is 21.7 Å². The smallest absolute Gasteiger partial charge is 0.129 e. The van der Waals surface area contributed by atoms with Crippen molar-refractivity contribution in [3.63, 3.8) is 0 Å². The Balaban J connectivity index is 2.19. The van der Waals surface area contributed by atoms with Crippen LogP contribution in [0.5, 0.6) is 5.75 Å². The lowest BCUT2D eigenvalue weighted by molar-refractivity contribution is 0.415. The summed E-state index contributed by atoms with van der Waals surface area (Å²) in [6.07, 6.45) is 0. The van der Waals surface area contributed by atoms with Gasteiger partial charge in [-0.2, -0.15) is 5.10 Å². The molecule has 3 aromatic rings. The summed E-state index contributed by atoms with van der Waals surface area (Å²) in [5.41, 5.74) is 9.08. The van der Waals surface area contributed by atoms with Crippen LogP contribution in [0.2, 0.25) is 0 Å². The van der Waals surface area contributed by atoms with E-state index in [9.17, 15) is 0 Å². The molecule has 0 aliphatic rings. The largest absolute Gasteiger partial charge is 0.497 e. The normalized spacial score (nSPS) is 10.8. The minimum absolute atomic E-state index is 0.649. The fourth-order valence-corrected chi connectivity index (χ4v) is 3.75. The van der Waals surface area contributed by atoms with Gasteiger partial charge in [0.1, 0.15) is 17.3 Å². The minimum atomic E-state index is 0.649. The number of benzene rings is 1. The predicted molar refractivity (Wildman–Crippen MR) is 90.6 cm³/mol. The molecule has 2 N–H and O–H groups in total. The van der Waals surface area contributed by atoms with E-state index in [1.165, 1.54) is 0 Å². The zero-order valence-corrected chi connectivity index (χ0v) is 14.0. The van der Waals surface area contributed by atoms with Crippen molar-refractivity contribution in [1.29, 1.82) is 0 Å². The first kappa shape index (κ1) is 14.2. The number of ether oxygens (including phenoxy) is 1. The van der Waals surface area contributed by atoms with Crippen molar-refractivity contribution >= 4 is 33.1 Å². The quantitative estimate of drug-likeness (QED) is 0.759. The maximum Gasteiger partial charge on any atom is 0.129 e. The van der Waals surface area contributed by atoms with Crippen molar-refractivity contribution in [2.45, 2.75) is 0 Å². The van der Waals surface area contributed by atoms with E-state index in [1.807, 2.05) is 42.8 Å². The molecule has 0 saturated heterocycles. The van der Waals surface area contributed by atoms with Crippen LogP contribution in [-0.4, -0.2) is 16.9 Å². The highest BCUT2D eigenvalue weighted by Gasteiger charge is 2.20. The predicted octanol–water partition coefficient (Wildman–Crippen LogP) is 4.17. The summed E-state index contributed by atoms with van der Waals surface area (Å²) < 4.78 is 7.94. The third kappa shape index (κ3) is 2.45. The highest BCUT2D eigenvalue weighted by Crippen LogP contribution is 2.41. The second-order valence-corrected chi connectivity index (χ2v) is 6.33. The maximum atomic E-state index is 6.22. The molecule has 0 saturated carbocycles. The molecule has 2 aromatic heterocycles. The fraction of sp³-hybridized carbons (Fsp3) is 0.133. The highest BCUT2D eigenvalue weighted by molar-refractivity contribution is 9.10. The molecule has 0 aliphatic carbocycles. The SMILES string of the molecule is COc1ccc(-c2c(-c3sccc3Br)nn(C)c2N)cc1. The van der Waals surface area contributed by atoms with E-state index in [1.54, 1.807) is 23.1 Å². The number of methoxy groups -OCH3 is 1. The van der Waals surface area contributed by atoms with Gasteiger partial charge in [-0.05, 0) is 45.1 Å². The van der Waals surface area contributed by atoms with Crippen molar-refractivity contribution in [2.75, 3.05) is 12.8 Å². The molecule has 0 fully saturated rings. The van der Waals surface area contributed by atoms with E-state index in [2.05, 4.69) is 21.0 Å². The number of rotatable bonds is 3. The van der Waals surface area contributed by atoms with Crippen LogP contribution in [-0.2, 0) is 7.05 Å². The average molecular weight is 364 g/mol. The summed E-state index contributed by atoms with van der Waals surface area (Å²) >= 11 is 5.20. The molecule has 0 unspecified atom stereocenters. The molecule has 1 aromatic carbocycles. The molecule has 108 valence electrons. The van der Waals surface area contributed by atoms with Crippen LogP contribution < -0.4 is 10.5 Å². The Hall–Kier alpha value is -1.79. The monoisotopic (exact) mass is 363 g/mol. The molecule has 4 nitrogen and oxygen atoms in total. The number of halogens is 1. The number of nitrogens with two attached hydrogens (primary N) is 1. The molecule has 2 heterocycles. The van der Waals surface area contributed by atoms with Crippen LogP contribution >= 0.6 is 27.3 Å². The van der Waals surface area contributed by atoms with Gasteiger partial charge in [0.2, 0.25) is 0 Å². The molecular weight excluding hydrogens is 350 g/mol. The van der Waals surface area contributed by atoms with E-state index >= 15 is 0 Å². The molecule has 0 radical (unpaired) electrons. The van der Waals surface area contributed by atoms with Gasteiger partial charge in [0.25, 0.3) is 0 Å². The Morgan fingerprint density at radius 1 is 1.24 bits per heavy atom. The number of nitrogens with zero attached hydrogens (tertiary/aromatic N) is 2. The van der Waals surface area contributed by atoms with Crippen molar-refractivity contribution in [3.05, 3.63) is 40.2 Å². The van der Waals surface area contributed by atoms with Gasteiger partial charge >= 0.3 is 0 Å². The maximum absolute atomic E-state index is 6.22. The third-order valence-corrected chi connectivity index (χ3v) is 5.15. The molecule has 0 bridgehead atoms. The van der Waals surface area contributed by atoms with Crippen molar-refractivity contribution in [2.24, 2.45) is 7.05 Å². The molecule has 21 heavy (non-hydrogen) atoms. The lowest BCUT2D eigenvalue weighted by atomic mass is 10.0. The number of aryl methyl sites for hydroxylation is 1. The molecule has 0 spiro atoms. The van der Waals surface area contributed by atoms with Gasteiger partial charge in [0.05, 0.1) is 17.6 Å². The number of hydrogen-bond acceptors (Lipinski definition) is 4. The zero-order chi connectivity index (χ0) is 15.0. The average Bonchev–Trinajstić information content (AvgIpc) is 3.04. The van der Waals surface area contributed by atoms with Crippen molar-refractivity contribution in [3.8, 4) is 27.4 Å². The number of anilines is 1. The van der Waals surface area contributed by atoms with Gasteiger partial charge in [-0.15, -0.1) is 11.3 Å². The Kier molecular flexibility index (Phi) is 3.73. The molecule has 3 rings (SSSR count). The molecular formula is C15H14BrN3OS. The van der Waals surface area contributed by atoms with Crippen LogP contribution in [0, 0.1) is 0 Å². The van der Waals surface area contributed by atoms with Crippen LogP contribution in [0.3, 0.4) is 0 Å². The number of aromatic nitrogens is 2. The van der Waals surface area contributed by atoms with E-state index in [-0.39, 0.29) is 0 Å². The van der Waals surface area contributed by atoms with Crippen LogP contribution in [0.1, 0.15) is 0 Å². The summed E-state index contributed by atoms with van der Waals surface area (Å²) in [6, 6.07) is 9.86. The Morgan fingerprint density at radius 3 is 2.52 bits per heavy atom. The van der Waals surface area contributed by atoms with Crippen LogP contribution in [0.15, 0.2) is 40.2 Å². The molecule has 6 heteroatoms. The van der Waals surface area contributed by atoms with Crippen LogP contribution in [0.4, 0.5) is 5.82 Å². The Bertz CT molecular complexity index is 777. The van der Waals surface area contributed by atoms with Gasteiger partial charge in [-0.25, -0.2) is 0 Å². The van der Waals surface area contributed by atoms with E-state index < -0.39 is 0 Å². The van der Waals surface area contributed by atoms with Gasteiger partial charge < -0.3 is 10.5 Å². The molecule has 0 amide bonds. The summed E-state index contributed by atoms with van der Waals surface area (Å²) in [4.78, 5) is 1.08. The summed E-state index contributed by atoms with van der Waals surface area (Å²) in [5.74, 6) is 1.47.